The second kappa shape index (κ2) is 5.64. The highest BCUT2D eigenvalue weighted by molar-refractivity contribution is 7.98. The van der Waals surface area contributed by atoms with Gasteiger partial charge < -0.3 is 5.32 Å². The Hall–Kier alpha value is -0.850. The van der Waals surface area contributed by atoms with Gasteiger partial charge in [0.1, 0.15) is 10.2 Å². The van der Waals surface area contributed by atoms with E-state index in [4.69, 9.17) is 11.6 Å². The van der Waals surface area contributed by atoms with Crippen LogP contribution >= 0.6 is 34.7 Å². The number of thioether (sulfide) groups is 1. The van der Waals surface area contributed by atoms with Crippen LogP contribution in [0.5, 0.6) is 0 Å². The Bertz CT molecular complexity index is 599. The van der Waals surface area contributed by atoms with E-state index >= 15 is 0 Å². The molecule has 0 spiro atoms. The van der Waals surface area contributed by atoms with Crippen LogP contribution in [0.25, 0.3) is 10.8 Å². The molecule has 2 aromatic rings. The van der Waals surface area contributed by atoms with Crippen molar-refractivity contribution in [3.8, 4) is 10.8 Å². The van der Waals surface area contributed by atoms with Gasteiger partial charge in [-0.2, -0.15) is 11.8 Å². The van der Waals surface area contributed by atoms with Crippen LogP contribution in [0.4, 0.5) is 5.82 Å². The van der Waals surface area contributed by atoms with Crippen molar-refractivity contribution in [1.82, 2.24) is 15.0 Å². The molecule has 3 heterocycles. The van der Waals surface area contributed by atoms with E-state index in [2.05, 4.69) is 27.2 Å². The first kappa shape index (κ1) is 13.1. The van der Waals surface area contributed by atoms with Gasteiger partial charge in [-0.15, -0.1) is 0 Å². The van der Waals surface area contributed by atoms with E-state index < -0.39 is 0 Å². The van der Waals surface area contributed by atoms with Crippen molar-refractivity contribution in [3.63, 3.8) is 0 Å². The van der Waals surface area contributed by atoms with Gasteiger partial charge in [0.05, 0.1) is 11.9 Å². The molecule has 1 aliphatic rings. The Morgan fingerprint density at radius 2 is 2.26 bits per heavy atom. The van der Waals surface area contributed by atoms with Crippen LogP contribution in [0.1, 0.15) is 24.6 Å². The summed E-state index contributed by atoms with van der Waals surface area (Å²) in [4.78, 5) is 13.5. The third kappa shape index (κ3) is 2.70. The number of fused-ring (bicyclic) bond motifs is 1. The molecule has 100 valence electrons. The number of rotatable bonds is 4. The fraction of sp³-hybridized carbons (Fsp3) is 0.417. The number of anilines is 1. The molecule has 0 bridgehead atoms. The zero-order valence-corrected chi connectivity index (χ0v) is 12.8. The minimum atomic E-state index is 0.663. The lowest BCUT2D eigenvalue weighted by Crippen LogP contribution is -2.08. The van der Waals surface area contributed by atoms with Gasteiger partial charge in [0, 0.05) is 23.6 Å². The Balaban J connectivity index is 2.02. The van der Waals surface area contributed by atoms with E-state index in [1.54, 1.807) is 6.20 Å². The molecular weight excluding hydrogens is 300 g/mol. The Labute approximate surface area is 125 Å². The van der Waals surface area contributed by atoms with Crippen molar-refractivity contribution in [2.75, 3.05) is 11.9 Å². The summed E-state index contributed by atoms with van der Waals surface area (Å²) < 4.78 is 0.663. The molecular formula is C12H13ClN4S2. The largest absolute Gasteiger partial charge is 0.370 e. The first-order valence-corrected chi connectivity index (χ1v) is 8.46. The number of thiazole rings is 1. The van der Waals surface area contributed by atoms with Crippen molar-refractivity contribution >= 4 is 40.5 Å². The molecule has 19 heavy (non-hydrogen) atoms. The molecule has 0 saturated carbocycles. The van der Waals surface area contributed by atoms with Gasteiger partial charge in [-0.3, -0.25) is 0 Å². The first-order chi connectivity index (χ1) is 9.28. The van der Waals surface area contributed by atoms with Crippen LogP contribution in [-0.2, 0) is 11.5 Å². The van der Waals surface area contributed by atoms with Gasteiger partial charge in [0.25, 0.3) is 0 Å². The van der Waals surface area contributed by atoms with Crippen molar-refractivity contribution in [2.24, 2.45) is 0 Å². The molecule has 4 nitrogen and oxygen atoms in total. The molecule has 1 aliphatic heterocycles. The zero-order chi connectivity index (χ0) is 13.2. The van der Waals surface area contributed by atoms with Crippen LogP contribution in [-0.4, -0.2) is 21.5 Å². The van der Waals surface area contributed by atoms with Crippen molar-refractivity contribution in [3.05, 3.63) is 21.8 Å². The smallest absolute Gasteiger partial charge is 0.191 e. The number of hydrogen-bond acceptors (Lipinski definition) is 6. The maximum Gasteiger partial charge on any atom is 0.191 e. The normalized spacial score (nSPS) is 13.6. The van der Waals surface area contributed by atoms with Crippen molar-refractivity contribution < 1.29 is 0 Å². The summed E-state index contributed by atoms with van der Waals surface area (Å²) in [5.74, 6) is 3.57. The van der Waals surface area contributed by atoms with Gasteiger partial charge in [-0.1, -0.05) is 29.9 Å². The molecule has 0 saturated heterocycles. The van der Waals surface area contributed by atoms with Crippen molar-refractivity contribution in [2.45, 2.75) is 24.9 Å². The van der Waals surface area contributed by atoms with Gasteiger partial charge in [-0.25, -0.2) is 15.0 Å². The van der Waals surface area contributed by atoms with Crippen LogP contribution in [0, 0.1) is 0 Å². The molecule has 3 rings (SSSR count). The fourth-order valence-electron chi connectivity index (χ4n) is 1.89. The molecule has 0 radical (unpaired) electrons. The lowest BCUT2D eigenvalue weighted by atomic mass is 10.2. The Morgan fingerprint density at radius 3 is 3.00 bits per heavy atom. The fourth-order valence-corrected chi connectivity index (χ4v) is 3.78. The van der Waals surface area contributed by atoms with Gasteiger partial charge in [0.2, 0.25) is 0 Å². The highest BCUT2D eigenvalue weighted by atomic mass is 35.5. The summed E-state index contributed by atoms with van der Waals surface area (Å²) in [6.45, 7) is 3.07. The quantitative estimate of drug-likeness (QED) is 0.930. The standard InChI is InChI=1S/C12H13ClN4S2/c1-2-3-14-10-7-5-18-6-8(7)16-11(17-10)12-15-4-9(13)19-12/h4H,2-3,5-6H2,1H3,(H,14,16,17). The maximum absolute atomic E-state index is 5.93. The van der Waals surface area contributed by atoms with Crippen LogP contribution in [0.3, 0.4) is 0 Å². The summed E-state index contributed by atoms with van der Waals surface area (Å²) in [6, 6.07) is 0. The maximum atomic E-state index is 5.93. The molecule has 7 heteroatoms. The predicted molar refractivity (Wildman–Crippen MR) is 81.9 cm³/mol. The average molecular weight is 313 g/mol. The molecule has 0 fully saturated rings. The molecule has 2 aromatic heterocycles. The van der Waals surface area contributed by atoms with Gasteiger partial charge >= 0.3 is 0 Å². The number of halogens is 1. The van der Waals surface area contributed by atoms with Crippen LogP contribution in [0.2, 0.25) is 4.34 Å². The number of nitrogens with one attached hydrogen (secondary N) is 1. The molecule has 0 amide bonds. The number of nitrogens with zero attached hydrogens (tertiary/aromatic N) is 3. The molecule has 0 unspecified atom stereocenters. The third-order valence-corrected chi connectivity index (χ3v) is 4.87. The minimum absolute atomic E-state index is 0.663. The van der Waals surface area contributed by atoms with E-state index in [1.165, 1.54) is 16.9 Å². The van der Waals surface area contributed by atoms with Crippen LogP contribution in [0.15, 0.2) is 6.20 Å². The average Bonchev–Trinajstić information content (AvgIpc) is 3.03. The summed E-state index contributed by atoms with van der Waals surface area (Å²) in [5, 5.41) is 4.17. The number of hydrogen-bond donors (Lipinski definition) is 1. The van der Waals surface area contributed by atoms with Crippen molar-refractivity contribution in [1.29, 1.82) is 0 Å². The monoisotopic (exact) mass is 312 g/mol. The molecule has 0 atom stereocenters. The van der Waals surface area contributed by atoms with E-state index in [9.17, 15) is 0 Å². The molecule has 0 aliphatic carbocycles. The third-order valence-electron chi connectivity index (χ3n) is 2.79. The highest BCUT2D eigenvalue weighted by Gasteiger charge is 2.21. The Kier molecular flexibility index (Phi) is 3.91. The topological polar surface area (TPSA) is 50.7 Å². The van der Waals surface area contributed by atoms with Gasteiger partial charge in [0.15, 0.2) is 10.8 Å². The lowest BCUT2D eigenvalue weighted by molar-refractivity contribution is 0.954. The lowest BCUT2D eigenvalue weighted by Gasteiger charge is -2.10. The summed E-state index contributed by atoms with van der Waals surface area (Å²) in [7, 11) is 0. The van der Waals surface area contributed by atoms with Gasteiger partial charge in [-0.05, 0) is 6.42 Å². The molecule has 0 aromatic carbocycles. The van der Waals surface area contributed by atoms with E-state index in [0.29, 0.717) is 10.2 Å². The Morgan fingerprint density at radius 1 is 1.37 bits per heavy atom. The summed E-state index contributed by atoms with van der Waals surface area (Å²) in [5.41, 5.74) is 2.37. The van der Waals surface area contributed by atoms with E-state index in [1.807, 2.05) is 11.8 Å². The zero-order valence-electron chi connectivity index (χ0n) is 10.4. The second-order valence-corrected chi connectivity index (χ2v) is 6.86. The SMILES string of the molecule is CCCNc1nc(-c2ncc(Cl)s2)nc2c1CSC2. The van der Waals surface area contributed by atoms with E-state index in [0.717, 1.165) is 41.0 Å². The van der Waals surface area contributed by atoms with E-state index in [-0.39, 0.29) is 0 Å². The van der Waals surface area contributed by atoms with Crippen LogP contribution < -0.4 is 5.32 Å². The summed E-state index contributed by atoms with van der Waals surface area (Å²) >= 11 is 9.22. The second-order valence-electron chi connectivity index (χ2n) is 4.21. The highest BCUT2D eigenvalue weighted by Crippen LogP contribution is 2.35. The first-order valence-electron chi connectivity index (χ1n) is 6.11. The predicted octanol–water partition coefficient (Wildman–Crippen LogP) is 3.82. The number of aromatic nitrogens is 3. The molecule has 1 N–H and O–H groups in total. The summed E-state index contributed by atoms with van der Waals surface area (Å²) in [6.07, 6.45) is 2.72. The minimum Gasteiger partial charge on any atom is -0.370 e.